The molecule has 0 saturated heterocycles. The van der Waals surface area contributed by atoms with Crippen LogP contribution < -0.4 is 35.2 Å². The average molecular weight is 610 g/mol. The van der Waals surface area contributed by atoms with Crippen molar-refractivity contribution in [3.63, 3.8) is 0 Å². The van der Waals surface area contributed by atoms with Crippen molar-refractivity contribution in [1.82, 2.24) is 39.6 Å². The number of carbonyl (C=O) groups excluding carboxylic acids is 2. The second-order valence-corrected chi connectivity index (χ2v) is 10.3. The number of nitrogens with one attached hydrogen (secondary N) is 2. The summed E-state index contributed by atoms with van der Waals surface area (Å²) in [4.78, 5) is 39.3. The van der Waals surface area contributed by atoms with E-state index < -0.39 is 0 Å². The van der Waals surface area contributed by atoms with Gasteiger partial charge in [-0.2, -0.15) is 9.97 Å². The Morgan fingerprint density at radius 2 is 1.14 bits per heavy atom. The molecular weight excluding hydrogens is 554 g/mol. The lowest BCUT2D eigenvalue weighted by Crippen LogP contribution is -2.17. The van der Waals surface area contributed by atoms with Gasteiger partial charge in [0.2, 0.25) is 11.9 Å². The number of hydrogen-bond acceptors (Lipinski definition) is 10. The molecule has 0 bridgehead atoms. The lowest BCUT2D eigenvalue weighted by molar-refractivity contribution is -0.115. The third kappa shape index (κ3) is 10.4. The molecule has 0 radical (unpaired) electrons. The lowest BCUT2D eigenvalue weighted by atomic mass is 9.87. The van der Waals surface area contributed by atoms with Crippen LogP contribution in [0.25, 0.3) is 0 Å². The topological polar surface area (TPSA) is 237 Å². The van der Waals surface area contributed by atoms with E-state index in [1.54, 1.807) is 24.3 Å². The van der Waals surface area contributed by atoms with Crippen LogP contribution in [0.4, 0.5) is 17.3 Å². The number of aromatic nitrogens is 3. The van der Waals surface area contributed by atoms with Crippen molar-refractivity contribution in [2.45, 2.75) is 82.5 Å². The summed E-state index contributed by atoms with van der Waals surface area (Å²) < 4.78 is 0. The Labute approximate surface area is 261 Å². The second-order valence-electron chi connectivity index (χ2n) is 10.3. The number of rotatable bonds is 8. The quantitative estimate of drug-likeness (QED) is 0.104. The summed E-state index contributed by atoms with van der Waals surface area (Å²) in [7, 11) is 0. The van der Waals surface area contributed by atoms with E-state index in [-0.39, 0.29) is 60.8 Å². The minimum absolute atomic E-state index is 0. The Hall–Kier alpha value is -3.48. The maximum Gasteiger partial charge on any atom is 0.232 e. The van der Waals surface area contributed by atoms with Crippen LogP contribution in [0.3, 0.4) is 0 Å². The lowest BCUT2D eigenvalue weighted by Gasteiger charge is -2.24. The minimum Gasteiger partial charge on any atom is -0.344 e. The summed E-state index contributed by atoms with van der Waals surface area (Å²) in [5.74, 6) is 2.76. The van der Waals surface area contributed by atoms with Crippen LogP contribution in [0.2, 0.25) is 0 Å². The molecule has 2 aliphatic rings. The third-order valence-electron chi connectivity index (χ3n) is 7.45. The molecule has 0 unspecified atom stereocenters. The van der Waals surface area contributed by atoms with Gasteiger partial charge in [-0.1, -0.05) is 68.9 Å². The fourth-order valence-electron chi connectivity index (χ4n) is 5.40. The van der Waals surface area contributed by atoms with Crippen molar-refractivity contribution in [2.75, 3.05) is 10.6 Å². The minimum atomic E-state index is -0.332. The van der Waals surface area contributed by atoms with Crippen molar-refractivity contribution in [3.05, 3.63) is 71.8 Å². The van der Waals surface area contributed by atoms with E-state index in [0.29, 0.717) is 29.0 Å². The summed E-state index contributed by atoms with van der Waals surface area (Å²) >= 11 is 0. The molecule has 0 spiro atoms. The van der Waals surface area contributed by atoms with Gasteiger partial charge in [0.15, 0.2) is 5.78 Å². The van der Waals surface area contributed by atoms with Gasteiger partial charge in [0.05, 0.1) is 6.42 Å². The van der Waals surface area contributed by atoms with Crippen molar-refractivity contribution < 1.29 is 15.3 Å². The number of ketones is 1. The zero-order valence-corrected chi connectivity index (χ0v) is 25.3. The molecule has 12 heteroatoms. The summed E-state index contributed by atoms with van der Waals surface area (Å²) in [5.41, 5.74) is 2.02. The first-order valence-corrected chi connectivity index (χ1v) is 13.6. The van der Waals surface area contributed by atoms with Crippen molar-refractivity contribution >= 4 is 41.4 Å². The Morgan fingerprint density at radius 1 is 0.667 bits per heavy atom. The summed E-state index contributed by atoms with van der Waals surface area (Å²) in [6.45, 7) is 0. The smallest absolute Gasteiger partial charge is 0.232 e. The number of anilines is 3. The predicted molar refractivity (Wildman–Crippen MR) is 181 cm³/mol. The highest BCUT2D eigenvalue weighted by molar-refractivity contribution is 6.11. The first kappa shape index (κ1) is 38.5. The summed E-state index contributed by atoms with van der Waals surface area (Å²) in [5, 5.41) is 6.18. The highest BCUT2D eigenvalue weighted by atomic mass is 35.5. The van der Waals surface area contributed by atoms with E-state index in [1.807, 2.05) is 30.3 Å². The van der Waals surface area contributed by atoms with Gasteiger partial charge in [0, 0.05) is 34.5 Å². The van der Waals surface area contributed by atoms with Crippen LogP contribution in [-0.2, 0) is 4.79 Å². The molecule has 3 aromatic rings. The van der Waals surface area contributed by atoms with Gasteiger partial charge in [0.1, 0.15) is 11.6 Å². The fourth-order valence-corrected chi connectivity index (χ4v) is 5.40. The molecule has 42 heavy (non-hydrogen) atoms. The molecule has 11 nitrogen and oxygen atoms in total. The second kappa shape index (κ2) is 18.9. The van der Waals surface area contributed by atoms with Crippen molar-refractivity contribution in [1.29, 1.82) is 0 Å². The predicted octanol–water partition coefficient (Wildman–Crippen LogP) is 8.98. The zero-order valence-electron chi connectivity index (χ0n) is 24.5. The normalized spacial score (nSPS) is 14.8. The number of nitrogens with zero attached hydrogens (tertiary/aromatic N) is 3. The largest absolute Gasteiger partial charge is 0.344 e. The van der Waals surface area contributed by atoms with Gasteiger partial charge in [0.25, 0.3) is 0 Å². The molecule has 5 rings (SSSR count). The Balaban J connectivity index is -0.000000623. The average Bonchev–Trinajstić information content (AvgIpc) is 2.95. The highest BCUT2D eigenvalue weighted by Gasteiger charge is 2.24. The van der Waals surface area contributed by atoms with E-state index >= 15 is 0 Å². The van der Waals surface area contributed by atoms with Gasteiger partial charge >= 0.3 is 0 Å². The van der Waals surface area contributed by atoms with Gasteiger partial charge in [-0.05, 0) is 49.9 Å². The van der Waals surface area contributed by atoms with E-state index in [2.05, 4.69) is 10.6 Å². The molecule has 1 aromatic heterocycles. The number of benzene rings is 2. The number of Topliss-reactive ketones (excluding diaryl/α,β-unsaturated/α-hetero) is 1. The van der Waals surface area contributed by atoms with Gasteiger partial charge in [-0.3, -0.25) is 9.59 Å². The molecule has 2 saturated carbocycles. The molecule has 240 valence electrons. The van der Waals surface area contributed by atoms with Gasteiger partial charge < -0.3 is 35.2 Å². The van der Waals surface area contributed by atoms with Crippen molar-refractivity contribution in [3.8, 4) is 0 Å². The molecule has 2 aliphatic carbocycles. The van der Waals surface area contributed by atoms with Crippen LogP contribution in [0, 0.1) is 0 Å². The van der Waals surface area contributed by atoms with Gasteiger partial charge in [-0.15, -0.1) is 12.4 Å². The Kier molecular flexibility index (Phi) is 17.3. The van der Waals surface area contributed by atoms with E-state index in [4.69, 9.17) is 15.0 Å². The molecule has 14 N–H and O–H groups in total. The molecule has 2 aromatic carbocycles. The maximum atomic E-state index is 12.4. The molecule has 1 amide bonds. The molecule has 2 fully saturated rings. The van der Waals surface area contributed by atoms with E-state index in [0.717, 1.165) is 43.0 Å². The summed E-state index contributed by atoms with van der Waals surface area (Å²) in [6, 6.07) is 16.3. The monoisotopic (exact) mass is 609 g/mol. The summed E-state index contributed by atoms with van der Waals surface area (Å²) in [6.07, 6.45) is 11.9. The Bertz CT molecular complexity index is 1200. The van der Waals surface area contributed by atoms with Crippen LogP contribution in [0.1, 0.15) is 110 Å². The fraction of sp³-hybridized carbons (Fsp3) is 0.433. The van der Waals surface area contributed by atoms with E-state index in [9.17, 15) is 9.59 Å². The first-order valence-electron chi connectivity index (χ1n) is 13.6. The standard InChI is InChI=1S/C30H35N5O2.ClH.4H3N.4H2/c36-26(21-10-4-1-5-11-21)20-27(37)31-24-16-18-25(19-17-24)32-30-34-28(22-12-6-2-7-13-22)33-29(35-30)23-14-8-3-9-15-23;;;;;;;;;/h1,4-5,10-11,16-19,22-23H,2-3,6-9,12-15,20H2,(H,31,37)(H,32,33,34,35);1H;4*1H3;4*1H. The maximum absolute atomic E-state index is 12.4. The molecular formula is C30H56ClN9O2. The van der Waals surface area contributed by atoms with E-state index in [1.165, 1.54) is 38.5 Å². The molecule has 0 aliphatic heterocycles. The Morgan fingerprint density at radius 3 is 1.64 bits per heavy atom. The van der Waals surface area contributed by atoms with Crippen LogP contribution in [0.15, 0.2) is 54.6 Å². The van der Waals surface area contributed by atoms with Crippen molar-refractivity contribution in [2.24, 2.45) is 0 Å². The first-order chi connectivity index (χ1) is 18.1. The number of hydrogen-bond donors (Lipinski definition) is 6. The molecule has 0 atom stereocenters. The van der Waals surface area contributed by atoms with Gasteiger partial charge in [-0.25, -0.2) is 4.98 Å². The number of amides is 1. The molecule has 1 heterocycles. The third-order valence-corrected chi connectivity index (χ3v) is 7.45. The number of carbonyl (C=O) groups is 2. The SMILES string of the molecule is Cl.N.N.N.N.O=C(CC(=O)c1ccccc1)Nc1ccc(Nc2nc(C3CCCCC3)nc(C3CCCCC3)n2)cc1.[HH].[HH].[HH].[HH]. The number of halogens is 1. The van der Waals surface area contributed by atoms with Crippen LogP contribution in [0.5, 0.6) is 0 Å². The zero-order chi connectivity index (χ0) is 25.5. The van der Waals surface area contributed by atoms with Crippen LogP contribution in [-0.4, -0.2) is 26.6 Å². The highest BCUT2D eigenvalue weighted by Crippen LogP contribution is 2.35. The van der Waals surface area contributed by atoms with Crippen LogP contribution >= 0.6 is 12.4 Å².